The van der Waals surface area contributed by atoms with E-state index in [1.54, 1.807) is 12.1 Å². The molecule has 1 aromatic carbocycles. The predicted molar refractivity (Wildman–Crippen MR) is 134 cm³/mol. The number of nitrogens with one attached hydrogen (secondary N) is 1. The molecule has 5 nitrogen and oxygen atoms in total. The van der Waals surface area contributed by atoms with Crippen molar-refractivity contribution in [2.75, 3.05) is 11.3 Å². The SMILES string of the molecule is C=C[C@@]12CCc3cc(NS(=O)(=O)OCCCCC(O)(C(F)(F)F)C(F)(F)F)ccc3[C@H]1CC[C@@]1(C)CCC[C@H]12. The van der Waals surface area contributed by atoms with Gasteiger partial charge < -0.3 is 5.11 Å². The molecule has 0 radical (unpaired) electrons. The Morgan fingerprint density at radius 3 is 2.44 bits per heavy atom. The maximum atomic E-state index is 12.8. The third-order valence-electron chi connectivity index (χ3n) is 9.46. The molecule has 4 atom stereocenters. The van der Waals surface area contributed by atoms with Gasteiger partial charge in [-0.3, -0.25) is 8.91 Å². The first-order chi connectivity index (χ1) is 18.0. The molecule has 39 heavy (non-hydrogen) atoms. The number of hydrogen-bond donors (Lipinski definition) is 2. The van der Waals surface area contributed by atoms with E-state index in [-0.39, 0.29) is 11.1 Å². The summed E-state index contributed by atoms with van der Waals surface area (Å²) in [4.78, 5) is 0. The van der Waals surface area contributed by atoms with Gasteiger partial charge in [0.1, 0.15) is 0 Å². The van der Waals surface area contributed by atoms with Gasteiger partial charge in [-0.2, -0.15) is 34.8 Å². The number of aryl methyl sites for hydroxylation is 1. The number of alkyl halides is 6. The smallest absolute Gasteiger partial charge is 0.374 e. The quantitative estimate of drug-likeness (QED) is 0.183. The van der Waals surface area contributed by atoms with Gasteiger partial charge in [0.25, 0.3) is 5.60 Å². The van der Waals surface area contributed by atoms with Crippen LogP contribution in [0, 0.1) is 16.7 Å². The maximum Gasteiger partial charge on any atom is 0.426 e. The number of hydrogen-bond acceptors (Lipinski definition) is 4. The van der Waals surface area contributed by atoms with Crippen LogP contribution in [-0.4, -0.2) is 38.1 Å². The summed E-state index contributed by atoms with van der Waals surface area (Å²) in [5.41, 5.74) is -2.01. The number of allylic oxidation sites excluding steroid dienone is 1. The zero-order chi connectivity index (χ0) is 28.9. The molecule has 0 heterocycles. The Hall–Kier alpha value is -1.79. The summed E-state index contributed by atoms with van der Waals surface area (Å²) in [5.74, 6) is 0.883. The molecule has 0 aromatic heterocycles. The van der Waals surface area contributed by atoms with Crippen LogP contribution in [0.4, 0.5) is 32.0 Å². The van der Waals surface area contributed by atoms with E-state index >= 15 is 0 Å². The molecule has 3 aliphatic rings. The van der Waals surface area contributed by atoms with Crippen molar-refractivity contribution >= 4 is 16.0 Å². The molecule has 4 rings (SSSR count). The van der Waals surface area contributed by atoms with Crippen molar-refractivity contribution in [3.05, 3.63) is 42.0 Å². The fourth-order valence-electron chi connectivity index (χ4n) is 7.46. The van der Waals surface area contributed by atoms with E-state index in [1.807, 2.05) is 6.07 Å². The second-order valence-electron chi connectivity index (χ2n) is 11.6. The molecule has 2 saturated carbocycles. The zero-order valence-corrected chi connectivity index (χ0v) is 22.6. The molecule has 1 aromatic rings. The lowest BCUT2D eigenvalue weighted by molar-refractivity contribution is -0.370. The fraction of sp³-hybridized carbons (Fsp3) is 0.704. The summed E-state index contributed by atoms with van der Waals surface area (Å²) in [6, 6.07) is 5.34. The van der Waals surface area contributed by atoms with Crippen LogP contribution in [0.3, 0.4) is 0 Å². The third-order valence-corrected chi connectivity index (χ3v) is 10.4. The van der Waals surface area contributed by atoms with E-state index in [0.29, 0.717) is 17.3 Å². The first-order valence-corrected chi connectivity index (χ1v) is 14.7. The third kappa shape index (κ3) is 5.45. The maximum absolute atomic E-state index is 12.8. The van der Waals surface area contributed by atoms with Crippen LogP contribution in [0.1, 0.15) is 81.8 Å². The van der Waals surface area contributed by atoms with Crippen molar-refractivity contribution < 1.29 is 44.0 Å². The Bertz CT molecular complexity index is 1170. The van der Waals surface area contributed by atoms with Gasteiger partial charge in [-0.25, -0.2) is 0 Å². The minimum absolute atomic E-state index is 0.0189. The van der Waals surface area contributed by atoms with Crippen molar-refractivity contribution in [1.29, 1.82) is 0 Å². The van der Waals surface area contributed by atoms with Crippen LogP contribution in [-0.2, 0) is 20.9 Å². The Labute approximate surface area is 225 Å². The standard InChI is InChI=1S/C27H35F6NO4S/c1-3-24-15-10-18-17-19(8-9-20(18)21(24)11-14-23(2)12-6-7-22(23)24)34-39(36,37)38-16-5-4-13-25(35,26(28,29)30)27(31,32)33/h3,8-9,17,21-22,34-35H,1,4-7,10-16H2,2H3/t21-,22-,23-,24-/m1/s1. The minimum atomic E-state index is -5.91. The summed E-state index contributed by atoms with van der Waals surface area (Å²) < 4.78 is 108. The van der Waals surface area contributed by atoms with Crippen LogP contribution in [0.15, 0.2) is 30.9 Å². The van der Waals surface area contributed by atoms with E-state index < -0.39 is 54.1 Å². The molecule has 0 amide bonds. The Kier molecular flexibility index (Phi) is 7.92. The molecule has 0 saturated heterocycles. The fourth-order valence-corrected chi connectivity index (χ4v) is 8.27. The van der Waals surface area contributed by atoms with Gasteiger partial charge in [0.05, 0.1) is 12.3 Å². The predicted octanol–water partition coefficient (Wildman–Crippen LogP) is 7.19. The van der Waals surface area contributed by atoms with Crippen molar-refractivity contribution in [3.63, 3.8) is 0 Å². The highest BCUT2D eigenvalue weighted by molar-refractivity contribution is 7.88. The lowest BCUT2D eigenvalue weighted by atomic mass is 9.47. The lowest BCUT2D eigenvalue weighted by Crippen LogP contribution is -2.56. The second kappa shape index (κ2) is 10.2. The number of anilines is 1. The van der Waals surface area contributed by atoms with Gasteiger partial charge in [-0.1, -0.05) is 25.5 Å². The second-order valence-corrected chi connectivity index (χ2v) is 13.0. The molecular formula is C27H35F6NO4S. The first kappa shape index (κ1) is 30.2. The number of fused-ring (bicyclic) bond motifs is 5. The molecule has 0 unspecified atom stereocenters. The van der Waals surface area contributed by atoms with Crippen LogP contribution in [0.2, 0.25) is 0 Å². The summed E-state index contributed by atoms with van der Waals surface area (Å²) >= 11 is 0. The van der Waals surface area contributed by atoms with Gasteiger partial charge in [0.15, 0.2) is 0 Å². The Morgan fingerprint density at radius 1 is 1.10 bits per heavy atom. The molecule has 0 spiro atoms. The van der Waals surface area contributed by atoms with Crippen molar-refractivity contribution in [2.24, 2.45) is 16.7 Å². The number of rotatable bonds is 9. The summed E-state index contributed by atoms with van der Waals surface area (Å²) in [5, 5.41) is 9.17. The largest absolute Gasteiger partial charge is 0.426 e. The highest BCUT2D eigenvalue weighted by atomic mass is 32.2. The molecule has 2 N–H and O–H groups in total. The topological polar surface area (TPSA) is 75.6 Å². The van der Waals surface area contributed by atoms with Crippen molar-refractivity contribution in [1.82, 2.24) is 0 Å². The monoisotopic (exact) mass is 583 g/mol. The molecular weight excluding hydrogens is 548 g/mol. The lowest BCUT2D eigenvalue weighted by Gasteiger charge is -2.56. The minimum Gasteiger partial charge on any atom is -0.374 e. The number of unbranched alkanes of at least 4 members (excludes halogenated alkanes) is 1. The van der Waals surface area contributed by atoms with Gasteiger partial charge >= 0.3 is 22.7 Å². The molecule has 3 aliphatic carbocycles. The highest BCUT2D eigenvalue weighted by Gasteiger charge is 2.69. The summed E-state index contributed by atoms with van der Waals surface area (Å²) in [6.07, 6.45) is -4.99. The Morgan fingerprint density at radius 2 is 1.79 bits per heavy atom. The molecule has 220 valence electrons. The number of benzene rings is 1. The van der Waals surface area contributed by atoms with E-state index in [1.165, 1.54) is 24.8 Å². The van der Waals surface area contributed by atoms with Crippen molar-refractivity contribution in [2.45, 2.75) is 95.0 Å². The van der Waals surface area contributed by atoms with E-state index in [0.717, 1.165) is 31.2 Å². The average molecular weight is 584 g/mol. The molecule has 0 aliphatic heterocycles. The normalized spacial score (nSPS) is 29.3. The van der Waals surface area contributed by atoms with Crippen LogP contribution in [0.25, 0.3) is 0 Å². The molecule has 12 heteroatoms. The van der Waals surface area contributed by atoms with E-state index in [9.17, 15) is 34.8 Å². The van der Waals surface area contributed by atoms with Gasteiger partial charge in [0, 0.05) is 0 Å². The summed E-state index contributed by atoms with van der Waals surface area (Å²) in [6.45, 7) is 5.99. The van der Waals surface area contributed by atoms with Crippen molar-refractivity contribution in [3.8, 4) is 0 Å². The Balaban J connectivity index is 1.37. The van der Waals surface area contributed by atoms with Gasteiger partial charge in [0.2, 0.25) is 0 Å². The molecule has 2 fully saturated rings. The summed E-state index contributed by atoms with van der Waals surface area (Å²) in [7, 11) is -4.37. The zero-order valence-electron chi connectivity index (χ0n) is 21.8. The van der Waals surface area contributed by atoms with Crippen LogP contribution in [0.5, 0.6) is 0 Å². The number of halogens is 6. The molecule has 0 bridgehead atoms. The van der Waals surface area contributed by atoms with Gasteiger partial charge in [-0.05, 0) is 104 Å². The highest BCUT2D eigenvalue weighted by Crippen LogP contribution is 2.67. The van der Waals surface area contributed by atoms with E-state index in [4.69, 9.17) is 9.29 Å². The average Bonchev–Trinajstić information content (AvgIpc) is 3.24. The number of aliphatic hydroxyl groups is 1. The van der Waals surface area contributed by atoms with Crippen LogP contribution < -0.4 is 4.72 Å². The first-order valence-electron chi connectivity index (χ1n) is 13.3. The van der Waals surface area contributed by atoms with E-state index in [2.05, 4.69) is 24.3 Å². The van der Waals surface area contributed by atoms with Gasteiger partial charge in [-0.15, -0.1) is 6.58 Å². The van der Waals surface area contributed by atoms with Crippen LogP contribution >= 0.6 is 0 Å².